The van der Waals surface area contributed by atoms with Gasteiger partial charge in [0.15, 0.2) is 6.10 Å². The van der Waals surface area contributed by atoms with Gasteiger partial charge in [-0.05, 0) is 49.1 Å². The van der Waals surface area contributed by atoms with Crippen molar-refractivity contribution in [2.45, 2.75) is 53.1 Å². The van der Waals surface area contributed by atoms with Crippen LogP contribution in [0.25, 0.3) is 10.9 Å². The number of pyridine rings is 1. The fraction of sp³-hybridized carbons (Fsp3) is 0.500. The number of hydrogen-bond donors (Lipinski definition) is 1. The molecular formula is C26H31N3O5S. The lowest BCUT2D eigenvalue weighted by atomic mass is 9.70. The average Bonchev–Trinajstić information content (AvgIpc) is 3.13. The van der Waals surface area contributed by atoms with Crippen LogP contribution in [-0.2, 0) is 27.2 Å². The monoisotopic (exact) mass is 497 g/mol. The van der Waals surface area contributed by atoms with E-state index in [2.05, 4.69) is 26.1 Å². The Balaban J connectivity index is 1.50. The number of thioether (sulfide) groups is 1. The Hall–Kier alpha value is -2.94. The summed E-state index contributed by atoms with van der Waals surface area (Å²) in [5.41, 5.74) is 3.16. The van der Waals surface area contributed by atoms with Gasteiger partial charge in [0.2, 0.25) is 5.91 Å². The van der Waals surface area contributed by atoms with Crippen molar-refractivity contribution in [3.63, 3.8) is 0 Å². The van der Waals surface area contributed by atoms with E-state index in [9.17, 15) is 19.2 Å². The molecule has 0 saturated carbocycles. The van der Waals surface area contributed by atoms with Crippen LogP contribution < -0.4 is 5.32 Å². The van der Waals surface area contributed by atoms with E-state index in [4.69, 9.17) is 9.72 Å². The van der Waals surface area contributed by atoms with Crippen LogP contribution in [0.2, 0.25) is 0 Å². The third-order valence-corrected chi connectivity index (χ3v) is 7.67. The molecule has 3 amide bonds. The van der Waals surface area contributed by atoms with Gasteiger partial charge < -0.3 is 10.1 Å². The van der Waals surface area contributed by atoms with E-state index in [1.54, 1.807) is 0 Å². The molecule has 4 rings (SSSR count). The minimum Gasteiger partial charge on any atom is -0.449 e. The molecule has 2 unspecified atom stereocenters. The van der Waals surface area contributed by atoms with Crippen LogP contribution in [0.15, 0.2) is 24.3 Å². The van der Waals surface area contributed by atoms with Gasteiger partial charge in [-0.3, -0.25) is 24.3 Å². The zero-order chi connectivity index (χ0) is 25.3. The molecule has 2 aliphatic rings. The first-order chi connectivity index (χ1) is 16.6. The second kappa shape index (κ2) is 9.97. The fourth-order valence-corrected chi connectivity index (χ4v) is 5.42. The molecule has 2 heterocycles. The number of aromatic nitrogens is 1. The maximum atomic E-state index is 13.4. The highest BCUT2D eigenvalue weighted by Gasteiger charge is 2.34. The molecule has 0 spiro atoms. The Morgan fingerprint density at radius 1 is 1.26 bits per heavy atom. The smallest absolute Gasteiger partial charge is 0.339 e. The van der Waals surface area contributed by atoms with Crippen molar-refractivity contribution < 1.29 is 23.9 Å². The summed E-state index contributed by atoms with van der Waals surface area (Å²) in [7, 11) is 0. The number of para-hydroxylation sites is 1. The summed E-state index contributed by atoms with van der Waals surface area (Å²) in [6.07, 6.45) is 1.50. The first-order valence-electron chi connectivity index (χ1n) is 11.9. The first-order valence-corrected chi connectivity index (χ1v) is 12.9. The second-order valence-corrected chi connectivity index (χ2v) is 11.1. The quantitative estimate of drug-likeness (QED) is 0.606. The van der Waals surface area contributed by atoms with E-state index in [1.165, 1.54) is 6.92 Å². The summed E-state index contributed by atoms with van der Waals surface area (Å²) >= 11 is 0.948. The Morgan fingerprint density at radius 2 is 2.00 bits per heavy atom. The molecule has 1 aliphatic carbocycles. The van der Waals surface area contributed by atoms with Crippen LogP contribution in [-0.4, -0.2) is 57.9 Å². The summed E-state index contributed by atoms with van der Waals surface area (Å²) in [5.74, 6) is -0.763. The molecule has 8 nitrogen and oxygen atoms in total. The van der Waals surface area contributed by atoms with Crippen molar-refractivity contribution in [2.75, 3.05) is 18.8 Å². The molecule has 0 bridgehead atoms. The predicted octanol–water partition coefficient (Wildman–Crippen LogP) is 3.74. The average molecular weight is 498 g/mol. The van der Waals surface area contributed by atoms with Crippen molar-refractivity contribution in [1.82, 2.24) is 15.2 Å². The molecule has 1 N–H and O–H groups in total. The maximum Gasteiger partial charge on any atom is 0.339 e. The lowest BCUT2D eigenvalue weighted by molar-refractivity contribution is -0.130. The number of aryl methyl sites for hydroxylation is 1. The summed E-state index contributed by atoms with van der Waals surface area (Å²) in [5, 5.41) is 3.06. The Labute approximate surface area is 209 Å². The van der Waals surface area contributed by atoms with Gasteiger partial charge in [0.05, 0.1) is 16.8 Å². The van der Waals surface area contributed by atoms with Crippen molar-refractivity contribution in [3.05, 3.63) is 41.1 Å². The number of ether oxygens (including phenoxy) is 1. The van der Waals surface area contributed by atoms with E-state index in [-0.39, 0.29) is 35.4 Å². The molecule has 1 aromatic heterocycles. The van der Waals surface area contributed by atoms with Gasteiger partial charge in [0.1, 0.15) is 0 Å². The molecule has 1 aromatic carbocycles. The Kier molecular flexibility index (Phi) is 7.17. The summed E-state index contributed by atoms with van der Waals surface area (Å²) < 4.78 is 5.63. The van der Waals surface area contributed by atoms with Gasteiger partial charge in [-0.15, -0.1) is 0 Å². The molecule has 1 aliphatic heterocycles. The van der Waals surface area contributed by atoms with Gasteiger partial charge in [0.25, 0.3) is 11.1 Å². The highest BCUT2D eigenvalue weighted by atomic mass is 32.2. The zero-order valence-corrected chi connectivity index (χ0v) is 21.4. The van der Waals surface area contributed by atoms with Crippen LogP contribution in [0.5, 0.6) is 0 Å². The van der Waals surface area contributed by atoms with Crippen molar-refractivity contribution >= 4 is 45.7 Å². The van der Waals surface area contributed by atoms with Crippen molar-refractivity contribution in [2.24, 2.45) is 11.3 Å². The lowest BCUT2D eigenvalue weighted by Gasteiger charge is -2.35. The van der Waals surface area contributed by atoms with E-state index in [0.717, 1.165) is 58.1 Å². The Morgan fingerprint density at radius 3 is 2.69 bits per heavy atom. The van der Waals surface area contributed by atoms with E-state index >= 15 is 0 Å². The molecule has 2 aromatic rings. The topological polar surface area (TPSA) is 106 Å². The molecule has 186 valence electrons. The normalized spacial score (nSPS) is 19.0. The number of benzene rings is 1. The van der Waals surface area contributed by atoms with Crippen LogP contribution in [0.3, 0.4) is 0 Å². The van der Waals surface area contributed by atoms with E-state index in [0.29, 0.717) is 11.5 Å². The van der Waals surface area contributed by atoms with Gasteiger partial charge in [-0.1, -0.05) is 50.7 Å². The minimum atomic E-state index is -1.04. The van der Waals surface area contributed by atoms with E-state index < -0.39 is 18.0 Å². The minimum absolute atomic E-state index is 0.0910. The van der Waals surface area contributed by atoms with Gasteiger partial charge >= 0.3 is 5.97 Å². The number of nitrogens with zero attached hydrogens (tertiary/aromatic N) is 2. The maximum absolute atomic E-state index is 13.4. The number of imide groups is 1. The van der Waals surface area contributed by atoms with Gasteiger partial charge in [-0.2, -0.15) is 0 Å². The zero-order valence-electron chi connectivity index (χ0n) is 20.6. The summed E-state index contributed by atoms with van der Waals surface area (Å²) in [4.78, 5) is 55.4. The highest BCUT2D eigenvalue weighted by Crippen LogP contribution is 2.39. The standard InChI is InChI=1S/C26H31N3O5S/c1-15(23(31)27-11-12-29-21(30)14-35-25(29)33)34-24(32)22-17-7-5-6-8-19(17)28-20-10-9-16(13-18(20)22)26(2,3)4/h5-8,15-16H,9-14H2,1-4H3,(H,27,31). The number of rotatable bonds is 6. The third kappa shape index (κ3) is 5.34. The first kappa shape index (κ1) is 25.2. The molecule has 2 atom stereocenters. The number of hydrogen-bond acceptors (Lipinski definition) is 7. The van der Waals surface area contributed by atoms with E-state index in [1.807, 2.05) is 24.3 Å². The molecule has 1 fully saturated rings. The lowest BCUT2D eigenvalue weighted by Crippen LogP contribution is -2.41. The number of nitrogens with one attached hydrogen (secondary N) is 1. The van der Waals surface area contributed by atoms with Crippen molar-refractivity contribution in [3.8, 4) is 0 Å². The van der Waals surface area contributed by atoms with Crippen LogP contribution in [0, 0.1) is 11.3 Å². The SMILES string of the molecule is CC(OC(=O)c1c2c(nc3ccccc13)CCC(C(C)(C)C)C2)C(=O)NCCN1C(=O)CSC1=O. The number of amides is 3. The third-order valence-electron chi connectivity index (χ3n) is 6.82. The molecular weight excluding hydrogens is 466 g/mol. The number of fused-ring (bicyclic) bond motifs is 2. The van der Waals surface area contributed by atoms with Gasteiger partial charge in [-0.25, -0.2) is 4.79 Å². The van der Waals surface area contributed by atoms with Crippen LogP contribution >= 0.6 is 11.8 Å². The molecule has 35 heavy (non-hydrogen) atoms. The number of carbonyl (C=O) groups excluding carboxylic acids is 4. The fourth-order valence-electron chi connectivity index (χ4n) is 4.67. The molecule has 9 heteroatoms. The largest absolute Gasteiger partial charge is 0.449 e. The number of esters is 1. The molecule has 1 saturated heterocycles. The van der Waals surface area contributed by atoms with Crippen molar-refractivity contribution in [1.29, 1.82) is 0 Å². The highest BCUT2D eigenvalue weighted by molar-refractivity contribution is 8.14. The number of carbonyl (C=O) groups is 4. The second-order valence-electron chi connectivity index (χ2n) is 10.2. The predicted molar refractivity (Wildman–Crippen MR) is 134 cm³/mol. The summed E-state index contributed by atoms with van der Waals surface area (Å²) in [6, 6.07) is 7.51. The molecule has 0 radical (unpaired) electrons. The van der Waals surface area contributed by atoms with Gasteiger partial charge in [0, 0.05) is 24.2 Å². The Bertz CT molecular complexity index is 1170. The van der Waals surface area contributed by atoms with Crippen LogP contribution in [0.1, 0.15) is 55.7 Å². The summed E-state index contributed by atoms with van der Waals surface area (Å²) in [6.45, 7) is 8.34. The van der Waals surface area contributed by atoms with Crippen LogP contribution in [0.4, 0.5) is 4.79 Å².